The van der Waals surface area contributed by atoms with Crippen molar-refractivity contribution in [1.29, 1.82) is 0 Å². The summed E-state index contributed by atoms with van der Waals surface area (Å²) in [6.07, 6.45) is 0. The van der Waals surface area contributed by atoms with Crippen molar-refractivity contribution in [3.63, 3.8) is 0 Å². The Bertz CT molecular complexity index is 656. The van der Waals surface area contributed by atoms with Gasteiger partial charge in [0.1, 0.15) is 5.75 Å². The SMILES string of the molecule is COc1ccc(NC(=O)c2ccc(C)cc2Cl)c(N)c1. The molecule has 0 atom stereocenters. The maximum Gasteiger partial charge on any atom is 0.257 e. The smallest absolute Gasteiger partial charge is 0.257 e. The van der Waals surface area contributed by atoms with E-state index < -0.39 is 0 Å². The number of halogens is 1. The minimum atomic E-state index is -0.299. The topological polar surface area (TPSA) is 64.3 Å². The Balaban J connectivity index is 2.23. The van der Waals surface area contributed by atoms with Crippen LogP contribution in [0.25, 0.3) is 0 Å². The van der Waals surface area contributed by atoms with Crippen molar-refractivity contribution in [2.45, 2.75) is 6.92 Å². The lowest BCUT2D eigenvalue weighted by molar-refractivity contribution is 0.102. The highest BCUT2D eigenvalue weighted by atomic mass is 35.5. The van der Waals surface area contributed by atoms with E-state index in [2.05, 4.69) is 5.32 Å². The summed E-state index contributed by atoms with van der Waals surface area (Å²) >= 11 is 6.07. The molecule has 0 bridgehead atoms. The van der Waals surface area contributed by atoms with Gasteiger partial charge >= 0.3 is 0 Å². The van der Waals surface area contributed by atoms with Gasteiger partial charge in [-0.25, -0.2) is 0 Å². The van der Waals surface area contributed by atoms with Crippen LogP contribution in [0.1, 0.15) is 15.9 Å². The number of aryl methyl sites for hydroxylation is 1. The lowest BCUT2D eigenvalue weighted by atomic mass is 10.1. The molecular formula is C15H15ClN2O2. The first-order valence-corrected chi connectivity index (χ1v) is 6.40. The monoisotopic (exact) mass is 290 g/mol. The van der Waals surface area contributed by atoms with Gasteiger partial charge < -0.3 is 15.8 Å². The van der Waals surface area contributed by atoms with Crippen LogP contribution in [0.5, 0.6) is 5.75 Å². The third-order valence-electron chi connectivity index (χ3n) is 2.88. The molecule has 5 heteroatoms. The van der Waals surface area contributed by atoms with E-state index in [0.29, 0.717) is 27.7 Å². The Hall–Kier alpha value is -2.20. The van der Waals surface area contributed by atoms with Crippen molar-refractivity contribution in [2.75, 3.05) is 18.2 Å². The number of nitrogens with two attached hydrogens (primary N) is 1. The molecule has 3 N–H and O–H groups in total. The second-order valence-corrected chi connectivity index (χ2v) is 4.80. The highest BCUT2D eigenvalue weighted by Gasteiger charge is 2.12. The van der Waals surface area contributed by atoms with Crippen LogP contribution in [0, 0.1) is 6.92 Å². The summed E-state index contributed by atoms with van der Waals surface area (Å²) in [6, 6.07) is 10.3. The van der Waals surface area contributed by atoms with Crippen LogP contribution in [-0.2, 0) is 0 Å². The molecule has 0 unspecified atom stereocenters. The first-order chi connectivity index (χ1) is 9.51. The van der Waals surface area contributed by atoms with Gasteiger partial charge in [-0.2, -0.15) is 0 Å². The molecule has 0 aliphatic rings. The van der Waals surface area contributed by atoms with Crippen molar-refractivity contribution in [3.8, 4) is 5.75 Å². The normalized spacial score (nSPS) is 10.2. The predicted octanol–water partition coefficient (Wildman–Crippen LogP) is 3.49. The number of benzene rings is 2. The quantitative estimate of drug-likeness (QED) is 0.851. The molecule has 0 saturated carbocycles. The summed E-state index contributed by atoms with van der Waals surface area (Å²) in [6.45, 7) is 1.91. The van der Waals surface area contributed by atoms with Crippen LogP contribution >= 0.6 is 11.6 Å². The molecule has 0 aromatic heterocycles. The first-order valence-electron chi connectivity index (χ1n) is 6.02. The van der Waals surface area contributed by atoms with Crippen LogP contribution in [0.3, 0.4) is 0 Å². The number of carbonyl (C=O) groups is 1. The molecule has 0 aliphatic heterocycles. The maximum atomic E-state index is 12.2. The molecule has 0 fully saturated rings. The first kappa shape index (κ1) is 14.2. The van der Waals surface area contributed by atoms with E-state index in [1.807, 2.05) is 13.0 Å². The lowest BCUT2D eigenvalue weighted by Gasteiger charge is -2.10. The number of carbonyl (C=O) groups excluding carboxylic acids is 1. The summed E-state index contributed by atoms with van der Waals surface area (Å²) in [5.41, 5.74) is 8.22. The van der Waals surface area contributed by atoms with Crippen LogP contribution < -0.4 is 15.8 Å². The lowest BCUT2D eigenvalue weighted by Crippen LogP contribution is -2.13. The molecule has 0 heterocycles. The molecule has 2 rings (SSSR count). The van der Waals surface area contributed by atoms with Gasteiger partial charge in [0.2, 0.25) is 0 Å². The molecular weight excluding hydrogens is 276 g/mol. The number of methoxy groups -OCH3 is 1. The van der Waals surface area contributed by atoms with E-state index in [1.165, 1.54) is 0 Å². The minimum Gasteiger partial charge on any atom is -0.497 e. The van der Waals surface area contributed by atoms with E-state index in [4.69, 9.17) is 22.1 Å². The molecule has 0 radical (unpaired) electrons. The zero-order chi connectivity index (χ0) is 14.7. The van der Waals surface area contributed by atoms with Crippen LogP contribution in [0.2, 0.25) is 5.02 Å². The van der Waals surface area contributed by atoms with Crippen molar-refractivity contribution < 1.29 is 9.53 Å². The zero-order valence-corrected chi connectivity index (χ0v) is 12.0. The Kier molecular flexibility index (Phi) is 4.15. The number of nitrogen functional groups attached to an aromatic ring is 1. The molecule has 104 valence electrons. The number of nitrogens with one attached hydrogen (secondary N) is 1. The second kappa shape index (κ2) is 5.84. The van der Waals surface area contributed by atoms with Crippen LogP contribution in [0.4, 0.5) is 11.4 Å². The molecule has 4 nitrogen and oxygen atoms in total. The van der Waals surface area contributed by atoms with Crippen molar-refractivity contribution in [1.82, 2.24) is 0 Å². The third kappa shape index (κ3) is 3.03. The van der Waals surface area contributed by atoms with Gasteiger partial charge in [0, 0.05) is 6.07 Å². The second-order valence-electron chi connectivity index (χ2n) is 4.39. The maximum absolute atomic E-state index is 12.2. The van der Waals surface area contributed by atoms with Gasteiger partial charge in [0.15, 0.2) is 0 Å². The van der Waals surface area contributed by atoms with Crippen LogP contribution in [-0.4, -0.2) is 13.0 Å². The van der Waals surface area contributed by atoms with Crippen molar-refractivity contribution in [2.24, 2.45) is 0 Å². The average molecular weight is 291 g/mol. The number of anilines is 2. The van der Waals surface area contributed by atoms with E-state index >= 15 is 0 Å². The molecule has 2 aromatic rings. The standard InChI is InChI=1S/C15H15ClN2O2/c1-9-3-5-11(12(16)7-9)15(19)18-14-6-4-10(20-2)8-13(14)17/h3-8H,17H2,1-2H3,(H,18,19). The van der Waals surface area contributed by atoms with Crippen molar-refractivity contribution >= 4 is 28.9 Å². The summed E-state index contributed by atoms with van der Waals surface area (Å²) in [5.74, 6) is 0.334. The zero-order valence-electron chi connectivity index (χ0n) is 11.2. The number of hydrogen-bond acceptors (Lipinski definition) is 3. The third-order valence-corrected chi connectivity index (χ3v) is 3.19. The predicted molar refractivity (Wildman–Crippen MR) is 81.5 cm³/mol. The van der Waals surface area contributed by atoms with E-state index in [1.54, 1.807) is 37.4 Å². The molecule has 0 saturated heterocycles. The van der Waals surface area contributed by atoms with Gasteiger partial charge in [0.05, 0.1) is 29.1 Å². The fraction of sp³-hybridized carbons (Fsp3) is 0.133. The number of ether oxygens (including phenoxy) is 1. The summed E-state index contributed by atoms with van der Waals surface area (Å²) in [4.78, 5) is 12.2. The number of amides is 1. The van der Waals surface area contributed by atoms with E-state index in [-0.39, 0.29) is 5.91 Å². The molecule has 20 heavy (non-hydrogen) atoms. The summed E-state index contributed by atoms with van der Waals surface area (Å²) in [5, 5.41) is 3.15. The van der Waals surface area contributed by atoms with Gasteiger partial charge in [-0.1, -0.05) is 17.7 Å². The Morgan fingerprint density at radius 1 is 1.25 bits per heavy atom. The Morgan fingerprint density at radius 2 is 2.00 bits per heavy atom. The average Bonchev–Trinajstić information content (AvgIpc) is 2.40. The highest BCUT2D eigenvalue weighted by Crippen LogP contribution is 2.25. The molecule has 1 amide bonds. The number of rotatable bonds is 3. The minimum absolute atomic E-state index is 0.299. The highest BCUT2D eigenvalue weighted by molar-refractivity contribution is 6.34. The fourth-order valence-electron chi connectivity index (χ4n) is 1.78. The molecule has 2 aromatic carbocycles. The largest absolute Gasteiger partial charge is 0.497 e. The van der Waals surface area contributed by atoms with Gasteiger partial charge in [-0.15, -0.1) is 0 Å². The summed E-state index contributed by atoms with van der Waals surface area (Å²) in [7, 11) is 1.55. The van der Waals surface area contributed by atoms with E-state index in [9.17, 15) is 4.79 Å². The molecule has 0 spiro atoms. The van der Waals surface area contributed by atoms with Crippen molar-refractivity contribution in [3.05, 3.63) is 52.5 Å². The van der Waals surface area contributed by atoms with Gasteiger partial charge in [-0.05, 0) is 36.8 Å². The number of hydrogen-bond donors (Lipinski definition) is 2. The Morgan fingerprint density at radius 3 is 2.60 bits per heavy atom. The molecule has 0 aliphatic carbocycles. The van der Waals surface area contributed by atoms with Crippen LogP contribution in [0.15, 0.2) is 36.4 Å². The fourth-order valence-corrected chi connectivity index (χ4v) is 2.10. The summed E-state index contributed by atoms with van der Waals surface area (Å²) < 4.78 is 5.06. The Labute approximate surface area is 122 Å². The van der Waals surface area contributed by atoms with E-state index in [0.717, 1.165) is 5.56 Å². The van der Waals surface area contributed by atoms with Gasteiger partial charge in [-0.3, -0.25) is 4.79 Å². The van der Waals surface area contributed by atoms with Gasteiger partial charge in [0.25, 0.3) is 5.91 Å².